The van der Waals surface area contributed by atoms with Crippen molar-refractivity contribution in [1.82, 2.24) is 15.1 Å². The van der Waals surface area contributed by atoms with Gasteiger partial charge in [0.05, 0.1) is 0 Å². The highest BCUT2D eigenvalue weighted by molar-refractivity contribution is 5.69. The molecule has 1 N–H and O–H groups in total. The SMILES string of the molecule is CC1CN(C)C(C)CC1NC1CN(C(=O)OC(C)(C)C)C1. The van der Waals surface area contributed by atoms with Crippen molar-refractivity contribution >= 4 is 6.09 Å². The number of rotatable bonds is 2. The van der Waals surface area contributed by atoms with Crippen molar-refractivity contribution in [3.05, 3.63) is 0 Å². The van der Waals surface area contributed by atoms with Crippen LogP contribution in [0.4, 0.5) is 4.79 Å². The van der Waals surface area contributed by atoms with Crippen molar-refractivity contribution in [3.63, 3.8) is 0 Å². The van der Waals surface area contributed by atoms with E-state index in [1.807, 2.05) is 20.8 Å². The maximum atomic E-state index is 11.9. The second-order valence-electron chi connectivity index (χ2n) is 7.86. The number of hydrogen-bond donors (Lipinski definition) is 1. The van der Waals surface area contributed by atoms with Gasteiger partial charge in [0, 0.05) is 37.8 Å². The number of ether oxygens (including phenoxy) is 1. The Morgan fingerprint density at radius 3 is 2.38 bits per heavy atom. The van der Waals surface area contributed by atoms with E-state index in [-0.39, 0.29) is 6.09 Å². The number of carbonyl (C=O) groups is 1. The molecule has 2 fully saturated rings. The predicted molar refractivity (Wildman–Crippen MR) is 84.4 cm³/mol. The molecular formula is C16H31N3O2. The average molecular weight is 297 g/mol. The summed E-state index contributed by atoms with van der Waals surface area (Å²) in [5.41, 5.74) is -0.409. The van der Waals surface area contributed by atoms with Crippen molar-refractivity contribution in [2.24, 2.45) is 5.92 Å². The van der Waals surface area contributed by atoms with E-state index in [4.69, 9.17) is 4.74 Å². The molecule has 0 radical (unpaired) electrons. The molecule has 0 bridgehead atoms. The smallest absolute Gasteiger partial charge is 0.410 e. The number of nitrogens with zero attached hydrogens (tertiary/aromatic N) is 2. The standard InChI is InChI=1S/C16H31N3O2/c1-11-8-18(6)12(2)7-14(11)17-13-9-19(10-13)15(20)21-16(3,4)5/h11-14,17H,7-10H2,1-6H3. The Morgan fingerprint density at radius 2 is 1.81 bits per heavy atom. The average Bonchev–Trinajstić information content (AvgIpc) is 2.26. The fraction of sp³-hybridized carbons (Fsp3) is 0.938. The fourth-order valence-electron chi connectivity index (χ4n) is 3.14. The molecule has 0 aromatic carbocycles. The molecule has 122 valence electrons. The first-order valence-electron chi connectivity index (χ1n) is 8.10. The van der Waals surface area contributed by atoms with Crippen molar-refractivity contribution < 1.29 is 9.53 Å². The number of hydrogen-bond acceptors (Lipinski definition) is 4. The predicted octanol–water partition coefficient (Wildman–Crippen LogP) is 1.92. The number of piperidine rings is 1. The summed E-state index contributed by atoms with van der Waals surface area (Å²) in [6.45, 7) is 13.0. The van der Waals surface area contributed by atoms with Gasteiger partial charge < -0.3 is 19.9 Å². The van der Waals surface area contributed by atoms with Crippen LogP contribution in [0.2, 0.25) is 0 Å². The molecule has 0 aromatic rings. The molecule has 3 atom stereocenters. The largest absolute Gasteiger partial charge is 0.444 e. The van der Waals surface area contributed by atoms with E-state index >= 15 is 0 Å². The van der Waals surface area contributed by atoms with Gasteiger partial charge in [-0.3, -0.25) is 0 Å². The summed E-state index contributed by atoms with van der Waals surface area (Å²) in [6.07, 6.45) is 0.992. The Hall–Kier alpha value is -0.810. The number of carbonyl (C=O) groups excluding carboxylic acids is 1. The van der Waals surface area contributed by atoms with E-state index in [0.717, 1.165) is 19.6 Å². The van der Waals surface area contributed by atoms with Gasteiger partial charge in [0.2, 0.25) is 0 Å². The van der Waals surface area contributed by atoms with Crippen LogP contribution in [-0.2, 0) is 4.74 Å². The number of likely N-dealkylation sites (tertiary alicyclic amines) is 2. The zero-order valence-electron chi connectivity index (χ0n) is 14.3. The zero-order chi connectivity index (χ0) is 15.8. The van der Waals surface area contributed by atoms with E-state index in [0.29, 0.717) is 24.0 Å². The van der Waals surface area contributed by atoms with E-state index in [2.05, 4.69) is 31.1 Å². The van der Waals surface area contributed by atoms with Crippen LogP contribution < -0.4 is 5.32 Å². The van der Waals surface area contributed by atoms with Crippen LogP contribution in [0.5, 0.6) is 0 Å². The molecule has 2 aliphatic rings. The summed E-state index contributed by atoms with van der Waals surface area (Å²) in [5, 5.41) is 3.73. The van der Waals surface area contributed by atoms with E-state index in [9.17, 15) is 4.79 Å². The summed E-state index contributed by atoms with van der Waals surface area (Å²) in [6, 6.07) is 1.60. The zero-order valence-corrected chi connectivity index (χ0v) is 14.3. The molecule has 0 aliphatic carbocycles. The lowest BCUT2D eigenvalue weighted by Gasteiger charge is -2.46. The first kappa shape index (κ1) is 16.6. The second-order valence-corrected chi connectivity index (χ2v) is 7.86. The molecule has 21 heavy (non-hydrogen) atoms. The molecule has 0 spiro atoms. The van der Waals surface area contributed by atoms with Crippen molar-refractivity contribution in [2.75, 3.05) is 26.7 Å². The Kier molecular flexibility index (Phi) is 4.83. The molecule has 5 nitrogen and oxygen atoms in total. The molecule has 0 saturated carbocycles. The lowest BCUT2D eigenvalue weighted by atomic mass is 9.88. The van der Waals surface area contributed by atoms with Gasteiger partial charge in [0.15, 0.2) is 0 Å². The van der Waals surface area contributed by atoms with Crippen LogP contribution in [0, 0.1) is 5.92 Å². The van der Waals surface area contributed by atoms with E-state index in [1.54, 1.807) is 4.90 Å². The highest BCUT2D eigenvalue weighted by atomic mass is 16.6. The number of nitrogens with one attached hydrogen (secondary N) is 1. The monoisotopic (exact) mass is 297 g/mol. The summed E-state index contributed by atoms with van der Waals surface area (Å²) < 4.78 is 5.38. The fourth-order valence-corrected chi connectivity index (χ4v) is 3.14. The van der Waals surface area contributed by atoms with Crippen LogP contribution in [0.15, 0.2) is 0 Å². The van der Waals surface area contributed by atoms with Crippen molar-refractivity contribution in [1.29, 1.82) is 0 Å². The van der Waals surface area contributed by atoms with Gasteiger partial charge in [-0.15, -0.1) is 0 Å². The summed E-state index contributed by atoms with van der Waals surface area (Å²) in [4.78, 5) is 16.1. The summed E-state index contributed by atoms with van der Waals surface area (Å²) >= 11 is 0. The van der Waals surface area contributed by atoms with Crippen molar-refractivity contribution in [2.45, 2.75) is 64.8 Å². The minimum absolute atomic E-state index is 0.189. The van der Waals surface area contributed by atoms with Gasteiger partial charge in [0.25, 0.3) is 0 Å². The molecule has 1 amide bonds. The Bertz CT molecular complexity index is 374. The maximum absolute atomic E-state index is 11.9. The second kappa shape index (κ2) is 6.13. The molecule has 5 heteroatoms. The van der Waals surface area contributed by atoms with Crippen molar-refractivity contribution in [3.8, 4) is 0 Å². The minimum Gasteiger partial charge on any atom is -0.444 e. The quantitative estimate of drug-likeness (QED) is 0.846. The van der Waals surface area contributed by atoms with Gasteiger partial charge in [-0.25, -0.2) is 4.79 Å². The Labute approximate surface area is 129 Å². The normalized spacial score (nSPS) is 31.9. The summed E-state index contributed by atoms with van der Waals surface area (Å²) in [5.74, 6) is 0.654. The lowest BCUT2D eigenvalue weighted by molar-refractivity contribution is 0.000982. The summed E-state index contributed by atoms with van der Waals surface area (Å²) in [7, 11) is 2.20. The lowest BCUT2D eigenvalue weighted by Crippen LogP contribution is -2.64. The molecular weight excluding hydrogens is 266 g/mol. The molecule has 2 rings (SSSR count). The van der Waals surface area contributed by atoms with E-state index < -0.39 is 5.60 Å². The van der Waals surface area contributed by atoms with Gasteiger partial charge in [-0.1, -0.05) is 6.92 Å². The first-order chi connectivity index (χ1) is 9.65. The first-order valence-corrected chi connectivity index (χ1v) is 8.10. The van der Waals surface area contributed by atoms with Crippen LogP contribution in [0.1, 0.15) is 41.0 Å². The third-order valence-electron chi connectivity index (χ3n) is 4.59. The molecule has 2 heterocycles. The van der Waals surface area contributed by atoms with Crippen LogP contribution in [-0.4, -0.2) is 66.3 Å². The van der Waals surface area contributed by atoms with Gasteiger partial charge in [-0.05, 0) is 47.1 Å². The molecule has 0 aromatic heterocycles. The Balaban J connectivity index is 1.74. The molecule has 3 unspecified atom stereocenters. The van der Waals surface area contributed by atoms with Crippen LogP contribution >= 0.6 is 0 Å². The van der Waals surface area contributed by atoms with E-state index in [1.165, 1.54) is 6.42 Å². The van der Waals surface area contributed by atoms with Crippen LogP contribution in [0.3, 0.4) is 0 Å². The minimum atomic E-state index is -0.409. The number of amides is 1. The molecule has 2 saturated heterocycles. The maximum Gasteiger partial charge on any atom is 0.410 e. The highest BCUT2D eigenvalue weighted by Gasteiger charge is 2.37. The van der Waals surface area contributed by atoms with Gasteiger partial charge >= 0.3 is 6.09 Å². The molecule has 2 aliphatic heterocycles. The topological polar surface area (TPSA) is 44.8 Å². The third-order valence-corrected chi connectivity index (χ3v) is 4.59. The van der Waals surface area contributed by atoms with Gasteiger partial charge in [-0.2, -0.15) is 0 Å². The van der Waals surface area contributed by atoms with Gasteiger partial charge in [0.1, 0.15) is 5.60 Å². The third kappa shape index (κ3) is 4.33. The highest BCUT2D eigenvalue weighted by Crippen LogP contribution is 2.23. The Morgan fingerprint density at radius 1 is 1.19 bits per heavy atom. The van der Waals surface area contributed by atoms with Crippen LogP contribution in [0.25, 0.3) is 0 Å².